The zero-order valence-corrected chi connectivity index (χ0v) is 15.3. The van der Waals surface area contributed by atoms with E-state index >= 15 is 0 Å². The summed E-state index contributed by atoms with van der Waals surface area (Å²) >= 11 is 0. The van der Waals surface area contributed by atoms with E-state index in [1.807, 2.05) is 24.3 Å². The van der Waals surface area contributed by atoms with Gasteiger partial charge in [0.15, 0.2) is 5.82 Å². The van der Waals surface area contributed by atoms with Crippen LogP contribution in [0.15, 0.2) is 47.1 Å². The maximum atomic E-state index is 9.48. The Kier molecular flexibility index (Phi) is 4.72. The number of aromatic hydroxyl groups is 1. The van der Waals surface area contributed by atoms with Gasteiger partial charge in [-0.05, 0) is 36.4 Å². The van der Waals surface area contributed by atoms with Crippen LogP contribution in [0.2, 0.25) is 0 Å². The third kappa shape index (κ3) is 3.75. The van der Waals surface area contributed by atoms with Gasteiger partial charge in [0, 0.05) is 45.3 Å². The van der Waals surface area contributed by atoms with Crippen LogP contribution in [-0.4, -0.2) is 50.9 Å². The highest BCUT2D eigenvalue weighted by Crippen LogP contribution is 2.28. The molecule has 0 bridgehead atoms. The predicted molar refractivity (Wildman–Crippen MR) is 102 cm³/mol. The number of nitrogens with two attached hydrogens (primary N) is 1. The number of rotatable bonds is 5. The molecular formula is C19H24N6O2. The number of furan rings is 1. The summed E-state index contributed by atoms with van der Waals surface area (Å²) in [5.74, 6) is 2.34. The molecule has 1 fully saturated rings. The van der Waals surface area contributed by atoms with Crippen LogP contribution in [-0.2, 0) is 13.5 Å². The van der Waals surface area contributed by atoms with E-state index in [0.717, 1.165) is 43.5 Å². The van der Waals surface area contributed by atoms with Crippen molar-refractivity contribution in [1.82, 2.24) is 19.7 Å². The summed E-state index contributed by atoms with van der Waals surface area (Å²) < 4.78 is 7.30. The number of phenols is 1. The zero-order chi connectivity index (χ0) is 18.8. The number of nitrogens with zero attached hydrogens (tertiary/aromatic N) is 5. The Bertz CT molecular complexity index is 847. The van der Waals surface area contributed by atoms with E-state index in [2.05, 4.69) is 19.9 Å². The van der Waals surface area contributed by atoms with E-state index in [4.69, 9.17) is 10.2 Å². The number of anilines is 2. The van der Waals surface area contributed by atoms with Crippen LogP contribution < -0.4 is 10.6 Å². The minimum atomic E-state index is 0.0729. The van der Waals surface area contributed by atoms with Crippen molar-refractivity contribution in [3.8, 4) is 5.75 Å². The third-order valence-corrected chi connectivity index (χ3v) is 5.06. The highest BCUT2D eigenvalue weighted by atomic mass is 16.3. The highest BCUT2D eigenvalue weighted by molar-refractivity contribution is 5.49. The molecule has 0 radical (unpaired) electrons. The molecule has 0 spiro atoms. The van der Waals surface area contributed by atoms with Gasteiger partial charge >= 0.3 is 0 Å². The Hall–Kier alpha value is -3.00. The molecular weight excluding hydrogens is 344 g/mol. The van der Waals surface area contributed by atoms with Crippen LogP contribution in [0.25, 0.3) is 0 Å². The molecule has 1 aliphatic heterocycles. The average Bonchev–Trinajstić information content (AvgIpc) is 3.31. The van der Waals surface area contributed by atoms with E-state index in [9.17, 15) is 5.11 Å². The Morgan fingerprint density at radius 2 is 1.89 bits per heavy atom. The maximum Gasteiger partial charge on any atom is 0.218 e. The van der Waals surface area contributed by atoms with Crippen molar-refractivity contribution in [1.29, 1.82) is 0 Å². The van der Waals surface area contributed by atoms with Crippen molar-refractivity contribution in [2.45, 2.75) is 12.5 Å². The predicted octanol–water partition coefficient (Wildman–Crippen LogP) is 1.80. The van der Waals surface area contributed by atoms with Gasteiger partial charge in [-0.25, -0.2) is 4.68 Å². The Morgan fingerprint density at radius 1 is 1.15 bits per heavy atom. The number of nitrogen functional groups attached to an aromatic ring is 1. The lowest BCUT2D eigenvalue weighted by atomic mass is 10.1. The smallest absolute Gasteiger partial charge is 0.218 e. The zero-order valence-electron chi connectivity index (χ0n) is 15.3. The molecule has 1 unspecified atom stereocenters. The van der Waals surface area contributed by atoms with Gasteiger partial charge in [-0.1, -0.05) is 0 Å². The lowest BCUT2D eigenvalue weighted by Crippen LogP contribution is -2.48. The summed E-state index contributed by atoms with van der Waals surface area (Å²) in [6, 6.07) is 11.3. The van der Waals surface area contributed by atoms with Crippen LogP contribution in [0.4, 0.5) is 11.6 Å². The van der Waals surface area contributed by atoms with E-state index < -0.39 is 0 Å². The molecule has 0 saturated carbocycles. The van der Waals surface area contributed by atoms with Crippen molar-refractivity contribution in [3.05, 3.63) is 54.2 Å². The molecule has 4 rings (SSSR count). The van der Waals surface area contributed by atoms with E-state index in [-0.39, 0.29) is 11.8 Å². The van der Waals surface area contributed by atoms with Crippen LogP contribution in [0, 0.1) is 0 Å². The fourth-order valence-corrected chi connectivity index (χ4v) is 3.56. The number of benzene rings is 1. The molecule has 1 saturated heterocycles. The largest absolute Gasteiger partial charge is 0.508 e. The van der Waals surface area contributed by atoms with Gasteiger partial charge in [-0.2, -0.15) is 10.1 Å². The van der Waals surface area contributed by atoms with Gasteiger partial charge in [0.05, 0.1) is 12.3 Å². The second-order valence-corrected chi connectivity index (χ2v) is 6.78. The third-order valence-electron chi connectivity index (χ3n) is 5.06. The van der Waals surface area contributed by atoms with Gasteiger partial charge in [-0.15, -0.1) is 0 Å². The summed E-state index contributed by atoms with van der Waals surface area (Å²) in [4.78, 5) is 9.08. The first-order valence-corrected chi connectivity index (χ1v) is 9.07. The highest BCUT2D eigenvalue weighted by Gasteiger charge is 2.28. The second-order valence-electron chi connectivity index (χ2n) is 6.78. The minimum Gasteiger partial charge on any atom is -0.508 e. The number of phenolic OH excluding ortho intramolecular Hbond substituents is 1. The van der Waals surface area contributed by atoms with E-state index in [1.165, 1.54) is 0 Å². The first kappa shape index (κ1) is 17.4. The molecule has 27 heavy (non-hydrogen) atoms. The molecule has 2 aromatic heterocycles. The summed E-state index contributed by atoms with van der Waals surface area (Å²) in [5, 5.41) is 13.9. The van der Waals surface area contributed by atoms with E-state index in [1.54, 1.807) is 30.1 Å². The molecule has 3 N–H and O–H groups in total. The van der Waals surface area contributed by atoms with Crippen molar-refractivity contribution < 1.29 is 9.52 Å². The number of aryl methyl sites for hydroxylation is 1. The minimum absolute atomic E-state index is 0.0729. The number of aromatic nitrogens is 3. The molecule has 8 heteroatoms. The van der Waals surface area contributed by atoms with Crippen molar-refractivity contribution >= 4 is 11.6 Å². The average molecular weight is 368 g/mol. The van der Waals surface area contributed by atoms with Crippen molar-refractivity contribution in [2.75, 3.05) is 36.8 Å². The van der Waals surface area contributed by atoms with Crippen LogP contribution in [0.3, 0.4) is 0 Å². The molecule has 3 aromatic rings. The number of hydrogen-bond donors (Lipinski definition) is 2. The van der Waals surface area contributed by atoms with Gasteiger partial charge < -0.3 is 20.2 Å². The molecule has 1 aromatic carbocycles. The first-order valence-electron chi connectivity index (χ1n) is 9.07. The molecule has 1 atom stereocenters. The molecule has 0 amide bonds. The fraction of sp³-hybridized carbons (Fsp3) is 0.368. The number of piperazine rings is 1. The maximum absolute atomic E-state index is 9.48. The fourth-order valence-electron chi connectivity index (χ4n) is 3.56. The second kappa shape index (κ2) is 7.32. The standard InChI is InChI=1S/C19H24N6O2/c1-23-19(20)21-18(22-23)13-16(17-3-2-12-27-17)25-10-8-24(9-11-25)14-4-6-15(26)7-5-14/h2-7,12,16,26H,8-11,13H2,1H3,(H2,20,21,22). The van der Waals surface area contributed by atoms with Gasteiger partial charge in [-0.3, -0.25) is 4.90 Å². The summed E-state index contributed by atoms with van der Waals surface area (Å²) in [6.45, 7) is 3.60. The summed E-state index contributed by atoms with van der Waals surface area (Å²) in [6.07, 6.45) is 2.35. The topological polar surface area (TPSA) is 96.6 Å². The number of hydrogen-bond acceptors (Lipinski definition) is 7. The molecule has 3 heterocycles. The first-order chi connectivity index (χ1) is 13.1. The van der Waals surface area contributed by atoms with Gasteiger partial charge in [0.1, 0.15) is 11.5 Å². The molecule has 0 aliphatic carbocycles. The summed E-state index contributed by atoms with van der Waals surface area (Å²) in [7, 11) is 1.80. The van der Waals surface area contributed by atoms with Crippen molar-refractivity contribution in [3.63, 3.8) is 0 Å². The quantitative estimate of drug-likeness (QED) is 0.709. The lowest BCUT2D eigenvalue weighted by Gasteiger charge is -2.39. The Morgan fingerprint density at radius 3 is 2.48 bits per heavy atom. The molecule has 8 nitrogen and oxygen atoms in total. The van der Waals surface area contributed by atoms with Crippen molar-refractivity contribution in [2.24, 2.45) is 7.05 Å². The SMILES string of the molecule is Cn1nc(CC(c2ccco2)N2CCN(c3ccc(O)cc3)CC2)nc1N. The molecule has 1 aliphatic rings. The Balaban J connectivity index is 1.47. The normalized spacial score (nSPS) is 16.6. The van der Waals surface area contributed by atoms with Crippen LogP contribution >= 0.6 is 0 Å². The summed E-state index contributed by atoms with van der Waals surface area (Å²) in [5.41, 5.74) is 6.96. The van der Waals surface area contributed by atoms with Crippen LogP contribution in [0.1, 0.15) is 17.6 Å². The molecule has 142 valence electrons. The Labute approximate surface area is 157 Å². The van der Waals surface area contributed by atoms with Gasteiger partial charge in [0.25, 0.3) is 0 Å². The monoisotopic (exact) mass is 368 g/mol. The lowest BCUT2D eigenvalue weighted by molar-refractivity contribution is 0.162. The van der Waals surface area contributed by atoms with E-state index in [0.29, 0.717) is 12.4 Å². The van der Waals surface area contributed by atoms with Crippen LogP contribution in [0.5, 0.6) is 5.75 Å². The van der Waals surface area contributed by atoms with Gasteiger partial charge in [0.2, 0.25) is 5.95 Å².